The molecule has 0 radical (unpaired) electrons. The fourth-order valence-corrected chi connectivity index (χ4v) is 3.13. The second-order valence-electron chi connectivity index (χ2n) is 5.90. The Morgan fingerprint density at radius 3 is 2.65 bits per heavy atom. The van der Waals surface area contributed by atoms with Crippen LogP contribution < -0.4 is 5.32 Å². The van der Waals surface area contributed by atoms with E-state index in [9.17, 15) is 4.79 Å². The summed E-state index contributed by atoms with van der Waals surface area (Å²) in [6, 6.07) is 8.26. The predicted octanol–water partition coefficient (Wildman–Crippen LogP) is 3.00. The van der Waals surface area contributed by atoms with Crippen molar-refractivity contribution in [2.75, 3.05) is 13.7 Å². The number of rotatable bonds is 6. The molecule has 1 aliphatic rings. The average Bonchev–Trinajstić information content (AvgIpc) is 2.86. The smallest absolute Gasteiger partial charge is 0.220 e. The van der Waals surface area contributed by atoms with Gasteiger partial charge in [0.05, 0.1) is 12.1 Å². The van der Waals surface area contributed by atoms with Crippen LogP contribution in [-0.2, 0) is 16.0 Å². The van der Waals surface area contributed by atoms with Gasteiger partial charge in [-0.15, -0.1) is 0 Å². The maximum Gasteiger partial charge on any atom is 0.220 e. The first-order chi connectivity index (χ1) is 9.65. The maximum absolute atomic E-state index is 12.2. The highest BCUT2D eigenvalue weighted by atomic mass is 16.5. The maximum atomic E-state index is 12.2. The molecule has 0 spiro atoms. The van der Waals surface area contributed by atoms with E-state index in [0.29, 0.717) is 13.0 Å². The summed E-state index contributed by atoms with van der Waals surface area (Å²) >= 11 is 0. The Morgan fingerprint density at radius 1 is 1.30 bits per heavy atom. The Morgan fingerprint density at radius 2 is 2.00 bits per heavy atom. The van der Waals surface area contributed by atoms with E-state index in [4.69, 9.17) is 4.74 Å². The van der Waals surface area contributed by atoms with Crippen molar-refractivity contribution in [3.05, 3.63) is 35.4 Å². The zero-order chi connectivity index (χ0) is 14.4. The highest BCUT2D eigenvalue weighted by Crippen LogP contribution is 2.30. The summed E-state index contributed by atoms with van der Waals surface area (Å²) in [7, 11) is 1.71. The molecule has 0 aromatic heterocycles. The molecule has 3 nitrogen and oxygen atoms in total. The lowest BCUT2D eigenvalue weighted by Crippen LogP contribution is -2.49. The third kappa shape index (κ3) is 3.83. The number of ether oxygens (including phenoxy) is 1. The molecule has 1 aromatic rings. The molecule has 1 N–H and O–H groups in total. The summed E-state index contributed by atoms with van der Waals surface area (Å²) in [5, 5.41) is 3.22. The number of carbonyl (C=O) groups is 1. The van der Waals surface area contributed by atoms with Crippen LogP contribution in [-0.4, -0.2) is 25.2 Å². The minimum absolute atomic E-state index is 0.114. The van der Waals surface area contributed by atoms with Gasteiger partial charge in [0.1, 0.15) is 0 Å². The molecule has 1 amide bonds. The Hall–Kier alpha value is -1.35. The van der Waals surface area contributed by atoms with Crippen LogP contribution in [0.15, 0.2) is 24.3 Å². The Bertz CT molecular complexity index is 450. The van der Waals surface area contributed by atoms with Crippen molar-refractivity contribution in [3.8, 4) is 0 Å². The standard InChI is InChI=1S/C17H25NO2/c1-14-7-3-4-8-15(14)9-10-16(19)18-17(13-20-2)11-5-6-12-17/h3-4,7-8H,5-6,9-13H2,1-2H3,(H,18,19). The molecule has 20 heavy (non-hydrogen) atoms. The Kier molecular flexibility index (Phi) is 5.18. The quantitative estimate of drug-likeness (QED) is 0.866. The van der Waals surface area contributed by atoms with Gasteiger partial charge in [-0.1, -0.05) is 37.1 Å². The van der Waals surface area contributed by atoms with Gasteiger partial charge in [0, 0.05) is 13.5 Å². The fraction of sp³-hybridized carbons (Fsp3) is 0.588. The van der Waals surface area contributed by atoms with E-state index < -0.39 is 0 Å². The van der Waals surface area contributed by atoms with E-state index in [2.05, 4.69) is 24.4 Å². The summed E-state index contributed by atoms with van der Waals surface area (Å²) in [6.07, 6.45) is 5.80. The van der Waals surface area contributed by atoms with Crippen molar-refractivity contribution in [2.45, 2.75) is 51.0 Å². The van der Waals surface area contributed by atoms with Crippen LogP contribution in [0.5, 0.6) is 0 Å². The lowest BCUT2D eigenvalue weighted by Gasteiger charge is -2.29. The molecule has 1 aliphatic carbocycles. The molecular formula is C17H25NO2. The molecule has 1 fully saturated rings. The molecule has 0 atom stereocenters. The number of hydrogen-bond acceptors (Lipinski definition) is 2. The molecule has 1 aromatic carbocycles. The van der Waals surface area contributed by atoms with Crippen LogP contribution in [0.25, 0.3) is 0 Å². The molecule has 110 valence electrons. The summed E-state index contributed by atoms with van der Waals surface area (Å²) in [5.74, 6) is 0.146. The van der Waals surface area contributed by atoms with Crippen molar-refractivity contribution in [1.29, 1.82) is 0 Å². The molecular weight excluding hydrogens is 250 g/mol. The second kappa shape index (κ2) is 6.89. The Balaban J connectivity index is 1.87. The van der Waals surface area contributed by atoms with E-state index in [1.807, 2.05) is 12.1 Å². The van der Waals surface area contributed by atoms with E-state index >= 15 is 0 Å². The van der Waals surface area contributed by atoms with Gasteiger partial charge in [0.2, 0.25) is 5.91 Å². The number of methoxy groups -OCH3 is 1. The lowest BCUT2D eigenvalue weighted by atomic mass is 9.97. The molecule has 0 bridgehead atoms. The van der Waals surface area contributed by atoms with E-state index in [1.54, 1.807) is 7.11 Å². The molecule has 2 rings (SSSR count). The third-order valence-electron chi connectivity index (χ3n) is 4.27. The van der Waals surface area contributed by atoms with Crippen molar-refractivity contribution in [3.63, 3.8) is 0 Å². The van der Waals surface area contributed by atoms with E-state index in [0.717, 1.165) is 19.3 Å². The van der Waals surface area contributed by atoms with Gasteiger partial charge in [-0.25, -0.2) is 0 Å². The van der Waals surface area contributed by atoms with Crippen LogP contribution >= 0.6 is 0 Å². The van der Waals surface area contributed by atoms with Crippen molar-refractivity contribution in [2.24, 2.45) is 0 Å². The fourth-order valence-electron chi connectivity index (χ4n) is 3.13. The Labute approximate surface area is 121 Å². The van der Waals surface area contributed by atoms with Crippen LogP contribution in [0.4, 0.5) is 0 Å². The number of nitrogens with one attached hydrogen (secondary N) is 1. The van der Waals surface area contributed by atoms with Crippen molar-refractivity contribution >= 4 is 5.91 Å². The first-order valence-electron chi connectivity index (χ1n) is 7.50. The third-order valence-corrected chi connectivity index (χ3v) is 4.27. The minimum atomic E-state index is -0.114. The minimum Gasteiger partial charge on any atom is -0.382 e. The first kappa shape index (κ1) is 15.0. The zero-order valence-corrected chi connectivity index (χ0v) is 12.6. The topological polar surface area (TPSA) is 38.3 Å². The van der Waals surface area contributed by atoms with Gasteiger partial charge in [-0.3, -0.25) is 4.79 Å². The predicted molar refractivity (Wildman–Crippen MR) is 80.7 cm³/mol. The largest absolute Gasteiger partial charge is 0.382 e. The monoisotopic (exact) mass is 275 g/mol. The van der Waals surface area contributed by atoms with Crippen LogP contribution in [0.3, 0.4) is 0 Å². The summed E-state index contributed by atoms with van der Waals surface area (Å²) in [6.45, 7) is 2.72. The van der Waals surface area contributed by atoms with Crippen LogP contribution in [0, 0.1) is 6.92 Å². The number of carbonyl (C=O) groups excluding carboxylic acids is 1. The van der Waals surface area contributed by atoms with Crippen molar-refractivity contribution in [1.82, 2.24) is 5.32 Å². The molecule has 0 saturated heterocycles. The summed E-state index contributed by atoms with van der Waals surface area (Å²) in [5.41, 5.74) is 2.40. The first-order valence-corrected chi connectivity index (χ1v) is 7.50. The van der Waals surface area contributed by atoms with Gasteiger partial charge in [-0.05, 0) is 37.3 Å². The average molecular weight is 275 g/mol. The second-order valence-corrected chi connectivity index (χ2v) is 5.90. The van der Waals surface area contributed by atoms with Gasteiger partial charge in [0.15, 0.2) is 0 Å². The van der Waals surface area contributed by atoms with E-state index in [-0.39, 0.29) is 11.4 Å². The number of benzene rings is 1. The zero-order valence-electron chi connectivity index (χ0n) is 12.6. The van der Waals surface area contributed by atoms with E-state index in [1.165, 1.54) is 24.0 Å². The van der Waals surface area contributed by atoms with Gasteiger partial charge < -0.3 is 10.1 Å². The van der Waals surface area contributed by atoms with Gasteiger partial charge in [-0.2, -0.15) is 0 Å². The lowest BCUT2D eigenvalue weighted by molar-refractivity contribution is -0.123. The van der Waals surface area contributed by atoms with Gasteiger partial charge >= 0.3 is 0 Å². The number of amides is 1. The molecule has 0 unspecified atom stereocenters. The van der Waals surface area contributed by atoms with Crippen LogP contribution in [0.1, 0.15) is 43.2 Å². The highest BCUT2D eigenvalue weighted by molar-refractivity contribution is 5.77. The van der Waals surface area contributed by atoms with Gasteiger partial charge in [0.25, 0.3) is 0 Å². The van der Waals surface area contributed by atoms with Crippen molar-refractivity contribution < 1.29 is 9.53 Å². The number of hydrogen-bond donors (Lipinski definition) is 1. The highest BCUT2D eigenvalue weighted by Gasteiger charge is 2.35. The number of aryl methyl sites for hydroxylation is 2. The molecule has 1 saturated carbocycles. The molecule has 0 heterocycles. The SMILES string of the molecule is COCC1(NC(=O)CCc2ccccc2C)CCCC1. The normalized spacial score (nSPS) is 17.1. The summed E-state index contributed by atoms with van der Waals surface area (Å²) < 4.78 is 5.30. The van der Waals surface area contributed by atoms with Crippen LogP contribution in [0.2, 0.25) is 0 Å². The molecule has 0 aliphatic heterocycles. The molecule has 3 heteroatoms. The summed E-state index contributed by atoms with van der Waals surface area (Å²) in [4.78, 5) is 12.2.